The Morgan fingerprint density at radius 3 is 2.29 bits per heavy atom. The Bertz CT molecular complexity index is 1260. The van der Waals surface area contributed by atoms with Crippen molar-refractivity contribution in [2.75, 3.05) is 27.7 Å². The Morgan fingerprint density at radius 1 is 0.914 bits per heavy atom. The standard InChI is InChI=1S/C31H36N2O2/c1-22(2)25-20-27(30(35-5)32-21-25)29(24-13-7-6-8-14-24)31(34,18-19-33(3)4)28-17-11-15-23-12-9-10-16-26(23)28/h6-17,20-22,29,34H,18-19H2,1-5H3. The first-order valence-corrected chi connectivity index (χ1v) is 12.3. The van der Waals surface area contributed by atoms with Crippen LogP contribution in [0.1, 0.15) is 54.4 Å². The quantitative estimate of drug-likeness (QED) is 0.311. The molecule has 0 aliphatic carbocycles. The number of rotatable bonds is 9. The molecule has 4 nitrogen and oxygen atoms in total. The third-order valence-corrected chi connectivity index (χ3v) is 6.88. The van der Waals surface area contributed by atoms with Crippen LogP contribution in [0.3, 0.4) is 0 Å². The summed E-state index contributed by atoms with van der Waals surface area (Å²) in [6.07, 6.45) is 2.43. The molecule has 4 aromatic rings. The highest BCUT2D eigenvalue weighted by Gasteiger charge is 2.43. The van der Waals surface area contributed by atoms with E-state index in [1.54, 1.807) is 7.11 Å². The number of hydrogen-bond acceptors (Lipinski definition) is 4. The van der Waals surface area contributed by atoms with Crippen LogP contribution in [-0.4, -0.2) is 42.7 Å². The van der Waals surface area contributed by atoms with Crippen molar-refractivity contribution in [3.8, 4) is 5.88 Å². The average Bonchev–Trinajstić information content (AvgIpc) is 2.87. The fourth-order valence-corrected chi connectivity index (χ4v) is 4.97. The molecule has 0 amide bonds. The van der Waals surface area contributed by atoms with Gasteiger partial charge in [-0.1, -0.05) is 86.6 Å². The normalized spacial score (nSPS) is 14.3. The number of aromatic nitrogens is 1. The van der Waals surface area contributed by atoms with Crippen LogP contribution in [0.15, 0.2) is 85.1 Å². The molecule has 4 rings (SSSR count). The van der Waals surface area contributed by atoms with E-state index in [9.17, 15) is 5.11 Å². The fraction of sp³-hybridized carbons (Fsp3) is 0.323. The second-order valence-corrected chi connectivity index (χ2v) is 9.87. The Morgan fingerprint density at radius 2 is 1.60 bits per heavy atom. The maximum absolute atomic E-state index is 12.9. The molecule has 0 aliphatic rings. The summed E-state index contributed by atoms with van der Waals surface area (Å²) in [6, 6.07) is 26.9. The third-order valence-electron chi connectivity index (χ3n) is 6.88. The summed E-state index contributed by atoms with van der Waals surface area (Å²) in [6.45, 7) is 5.05. The van der Waals surface area contributed by atoms with Gasteiger partial charge in [0.15, 0.2) is 0 Å². The molecule has 0 aliphatic heterocycles. The molecule has 1 aromatic heterocycles. The number of methoxy groups -OCH3 is 1. The summed E-state index contributed by atoms with van der Waals surface area (Å²) < 4.78 is 5.79. The van der Waals surface area contributed by atoms with Crippen LogP contribution in [0.5, 0.6) is 5.88 Å². The Kier molecular flexibility index (Phi) is 7.54. The molecular formula is C31H36N2O2. The molecule has 0 radical (unpaired) electrons. The Hall–Kier alpha value is -3.21. The fourth-order valence-electron chi connectivity index (χ4n) is 4.97. The third kappa shape index (κ3) is 5.09. The molecule has 2 atom stereocenters. The molecule has 0 saturated heterocycles. The number of hydrogen-bond donors (Lipinski definition) is 1. The summed E-state index contributed by atoms with van der Waals surface area (Å²) in [5.74, 6) is 0.471. The van der Waals surface area contributed by atoms with E-state index in [1.807, 2.05) is 56.7 Å². The maximum atomic E-state index is 12.9. The molecule has 4 heteroatoms. The lowest BCUT2D eigenvalue weighted by atomic mass is 9.70. The van der Waals surface area contributed by atoms with Crippen LogP contribution in [0.4, 0.5) is 0 Å². The topological polar surface area (TPSA) is 45.6 Å². The predicted molar refractivity (Wildman–Crippen MR) is 144 cm³/mol. The Labute approximate surface area is 209 Å². The molecule has 0 bridgehead atoms. The summed E-state index contributed by atoms with van der Waals surface area (Å²) in [5.41, 5.74) is 2.76. The van der Waals surface area contributed by atoms with Gasteiger partial charge in [-0.05, 0) is 60.0 Å². The van der Waals surface area contributed by atoms with Gasteiger partial charge in [0.25, 0.3) is 0 Å². The number of nitrogens with zero attached hydrogens (tertiary/aromatic N) is 2. The minimum absolute atomic E-state index is 0.302. The first-order chi connectivity index (χ1) is 16.8. The minimum Gasteiger partial charge on any atom is -0.481 e. The van der Waals surface area contributed by atoms with E-state index >= 15 is 0 Å². The van der Waals surface area contributed by atoms with Gasteiger partial charge in [0.1, 0.15) is 5.60 Å². The SMILES string of the molecule is COc1ncc(C(C)C)cc1C(c1ccccc1)C(O)(CCN(C)C)c1cccc2ccccc12. The molecule has 182 valence electrons. The number of aliphatic hydroxyl groups is 1. The van der Waals surface area contributed by atoms with E-state index in [0.717, 1.165) is 39.6 Å². The molecule has 35 heavy (non-hydrogen) atoms. The summed E-state index contributed by atoms with van der Waals surface area (Å²) in [5, 5.41) is 15.1. The lowest BCUT2D eigenvalue weighted by Crippen LogP contribution is -2.38. The second-order valence-electron chi connectivity index (χ2n) is 9.87. The van der Waals surface area contributed by atoms with Gasteiger partial charge in [0.2, 0.25) is 5.88 Å². The van der Waals surface area contributed by atoms with Crippen LogP contribution >= 0.6 is 0 Å². The first-order valence-electron chi connectivity index (χ1n) is 12.3. The van der Waals surface area contributed by atoms with Crippen LogP contribution < -0.4 is 4.74 Å². The zero-order chi connectivity index (χ0) is 25.0. The van der Waals surface area contributed by atoms with E-state index in [1.165, 1.54) is 0 Å². The lowest BCUT2D eigenvalue weighted by molar-refractivity contribution is 0.00513. The first kappa shape index (κ1) is 24.9. The van der Waals surface area contributed by atoms with E-state index in [4.69, 9.17) is 4.74 Å². The van der Waals surface area contributed by atoms with Crippen molar-refractivity contribution in [1.82, 2.24) is 9.88 Å². The van der Waals surface area contributed by atoms with Crippen molar-refractivity contribution >= 4 is 10.8 Å². The van der Waals surface area contributed by atoms with Gasteiger partial charge >= 0.3 is 0 Å². The smallest absolute Gasteiger partial charge is 0.216 e. The van der Waals surface area contributed by atoms with Gasteiger partial charge in [0, 0.05) is 24.2 Å². The van der Waals surface area contributed by atoms with Crippen molar-refractivity contribution in [2.24, 2.45) is 0 Å². The van der Waals surface area contributed by atoms with Gasteiger partial charge in [-0.15, -0.1) is 0 Å². The largest absolute Gasteiger partial charge is 0.481 e. The molecule has 2 unspecified atom stereocenters. The van der Waals surface area contributed by atoms with Crippen molar-refractivity contribution in [3.05, 3.63) is 107 Å². The van der Waals surface area contributed by atoms with Crippen LogP contribution in [0.25, 0.3) is 10.8 Å². The molecule has 0 spiro atoms. The average molecular weight is 469 g/mol. The van der Waals surface area contributed by atoms with Crippen LogP contribution in [0, 0.1) is 0 Å². The number of fused-ring (bicyclic) bond motifs is 1. The number of pyridine rings is 1. The van der Waals surface area contributed by atoms with E-state index in [0.29, 0.717) is 18.2 Å². The summed E-state index contributed by atoms with van der Waals surface area (Å²) in [4.78, 5) is 6.81. The maximum Gasteiger partial charge on any atom is 0.216 e. The van der Waals surface area contributed by atoms with Gasteiger partial charge in [-0.25, -0.2) is 4.98 Å². The van der Waals surface area contributed by atoms with Crippen LogP contribution in [0.2, 0.25) is 0 Å². The van der Waals surface area contributed by atoms with Crippen LogP contribution in [-0.2, 0) is 5.60 Å². The van der Waals surface area contributed by atoms with Crippen molar-refractivity contribution in [2.45, 2.75) is 37.7 Å². The molecule has 1 N–H and O–H groups in total. The van der Waals surface area contributed by atoms with E-state index in [-0.39, 0.29) is 5.92 Å². The van der Waals surface area contributed by atoms with Gasteiger partial charge in [-0.2, -0.15) is 0 Å². The molecular weight excluding hydrogens is 432 g/mol. The Balaban J connectivity index is 2.05. The van der Waals surface area contributed by atoms with E-state index in [2.05, 4.69) is 66.2 Å². The minimum atomic E-state index is -1.21. The molecule has 0 saturated carbocycles. The molecule has 1 heterocycles. The monoisotopic (exact) mass is 468 g/mol. The number of ether oxygens (including phenoxy) is 1. The highest BCUT2D eigenvalue weighted by Crippen LogP contribution is 2.48. The van der Waals surface area contributed by atoms with E-state index < -0.39 is 5.60 Å². The second kappa shape index (κ2) is 10.6. The highest BCUT2D eigenvalue weighted by molar-refractivity contribution is 5.86. The van der Waals surface area contributed by atoms with Crippen molar-refractivity contribution < 1.29 is 9.84 Å². The highest BCUT2D eigenvalue weighted by atomic mass is 16.5. The lowest BCUT2D eigenvalue weighted by Gasteiger charge is -2.39. The summed E-state index contributed by atoms with van der Waals surface area (Å²) >= 11 is 0. The van der Waals surface area contributed by atoms with Gasteiger partial charge in [0.05, 0.1) is 7.11 Å². The van der Waals surface area contributed by atoms with Crippen molar-refractivity contribution in [3.63, 3.8) is 0 Å². The molecule has 3 aromatic carbocycles. The predicted octanol–water partition coefficient (Wildman–Crippen LogP) is 6.34. The zero-order valence-corrected chi connectivity index (χ0v) is 21.4. The zero-order valence-electron chi connectivity index (χ0n) is 21.4. The van der Waals surface area contributed by atoms with Gasteiger partial charge < -0.3 is 14.7 Å². The molecule has 0 fully saturated rings. The van der Waals surface area contributed by atoms with Gasteiger partial charge in [-0.3, -0.25) is 0 Å². The number of benzene rings is 3. The van der Waals surface area contributed by atoms with Crippen molar-refractivity contribution in [1.29, 1.82) is 0 Å². The summed E-state index contributed by atoms with van der Waals surface area (Å²) in [7, 11) is 5.74.